The van der Waals surface area contributed by atoms with E-state index >= 15 is 0 Å². The van der Waals surface area contributed by atoms with E-state index in [2.05, 4.69) is 28.8 Å². The number of aliphatic hydroxyl groups is 1. The van der Waals surface area contributed by atoms with Crippen molar-refractivity contribution in [3.05, 3.63) is 65.8 Å². The van der Waals surface area contributed by atoms with Crippen molar-refractivity contribution in [1.29, 1.82) is 0 Å². The fraction of sp³-hybridized carbons (Fsp3) is 0.610. The molecule has 0 saturated carbocycles. The van der Waals surface area contributed by atoms with Crippen molar-refractivity contribution in [3.8, 4) is 5.75 Å². The first-order chi connectivity index (χ1) is 25.8. The van der Waals surface area contributed by atoms with Gasteiger partial charge in [-0.3, -0.25) is 14.4 Å². The lowest BCUT2D eigenvalue weighted by molar-refractivity contribution is -0.145. The maximum Gasteiger partial charge on any atom is 0.303 e. The van der Waals surface area contributed by atoms with E-state index < -0.39 is 36.0 Å². The van der Waals surface area contributed by atoms with Crippen LogP contribution in [0.1, 0.15) is 92.1 Å². The van der Waals surface area contributed by atoms with Crippen LogP contribution in [0.5, 0.6) is 5.75 Å². The van der Waals surface area contributed by atoms with Gasteiger partial charge >= 0.3 is 5.97 Å². The first kappa shape index (κ1) is 42.9. The monoisotopic (exact) mass is 752 g/mol. The smallest absolute Gasteiger partial charge is 0.303 e. The zero-order chi connectivity index (χ0) is 39.3. The van der Waals surface area contributed by atoms with Crippen molar-refractivity contribution in [1.82, 2.24) is 10.7 Å². The molecule has 3 aliphatic heterocycles. The standard InChI is InChI=1S/C41H60N4O9/c1-26(10-17-36-27(2)22-35(30(5)53-36)43-38(47)19-12-28(3)52-31(6)46)11-18-37-40(49)41(25-51-41)24-34(54-37)23-39(48)45-44-29(4)32-13-15-33(16-14-32)50-21-9-7-8-20-42/h10-16,18-19,27-28,30,34-37,40,49H,7-9,17,20-25,42H2,1-6H3,(H,43,47)(H,45,48)/b18-11+,19-12-,26-10+,44-29-/t27-,28-,30+,34+,35+,36-,37+,40+,41+/m0/s1. The van der Waals surface area contributed by atoms with E-state index in [9.17, 15) is 19.5 Å². The molecule has 0 aromatic heterocycles. The third-order valence-corrected chi connectivity index (χ3v) is 10.1. The molecule has 1 aromatic rings. The lowest BCUT2D eigenvalue weighted by Crippen LogP contribution is -2.50. The second-order valence-corrected chi connectivity index (χ2v) is 14.8. The number of epoxide rings is 1. The summed E-state index contributed by atoms with van der Waals surface area (Å²) in [6.07, 6.45) is 11.1. The Morgan fingerprint density at radius 3 is 2.52 bits per heavy atom. The van der Waals surface area contributed by atoms with Crippen molar-refractivity contribution in [2.24, 2.45) is 16.8 Å². The highest BCUT2D eigenvalue weighted by Gasteiger charge is 2.58. The van der Waals surface area contributed by atoms with E-state index in [1.165, 1.54) is 13.0 Å². The number of aliphatic hydroxyl groups excluding tert-OH is 1. The Hall–Kier alpha value is -3.88. The molecular formula is C41H60N4O9. The van der Waals surface area contributed by atoms with E-state index in [-0.39, 0.29) is 42.4 Å². The van der Waals surface area contributed by atoms with E-state index in [1.807, 2.05) is 57.2 Å². The summed E-state index contributed by atoms with van der Waals surface area (Å²) in [5, 5.41) is 18.4. The molecule has 0 unspecified atom stereocenters. The minimum Gasteiger partial charge on any atom is -0.494 e. The van der Waals surface area contributed by atoms with Crippen LogP contribution < -0.4 is 21.2 Å². The summed E-state index contributed by atoms with van der Waals surface area (Å²) in [5.41, 5.74) is 9.98. The van der Waals surface area contributed by atoms with Gasteiger partial charge in [0, 0.05) is 19.4 Å². The van der Waals surface area contributed by atoms with E-state index in [4.69, 9.17) is 29.4 Å². The first-order valence-electron chi connectivity index (χ1n) is 19.2. The topological polar surface area (TPSA) is 183 Å². The summed E-state index contributed by atoms with van der Waals surface area (Å²) in [4.78, 5) is 36.5. The van der Waals surface area contributed by atoms with Crippen LogP contribution >= 0.6 is 0 Å². The Bertz CT molecular complexity index is 1520. The van der Waals surface area contributed by atoms with Crippen molar-refractivity contribution in [2.45, 2.75) is 135 Å². The molecule has 13 nitrogen and oxygen atoms in total. The van der Waals surface area contributed by atoms with Crippen LogP contribution in [-0.4, -0.2) is 96.6 Å². The fourth-order valence-corrected chi connectivity index (χ4v) is 6.76. The van der Waals surface area contributed by atoms with Gasteiger partial charge in [0.25, 0.3) is 0 Å². The molecule has 9 atom stereocenters. The largest absolute Gasteiger partial charge is 0.494 e. The van der Waals surface area contributed by atoms with Crippen LogP contribution in [0.4, 0.5) is 0 Å². The number of hydrazone groups is 1. The molecule has 4 rings (SSSR count). The molecule has 0 radical (unpaired) electrons. The van der Waals surface area contributed by atoms with Gasteiger partial charge in [0.05, 0.1) is 49.7 Å². The van der Waals surface area contributed by atoms with Crippen LogP contribution in [0.25, 0.3) is 0 Å². The highest BCUT2D eigenvalue weighted by Crippen LogP contribution is 2.43. The van der Waals surface area contributed by atoms with Crippen LogP contribution in [-0.2, 0) is 33.3 Å². The number of ether oxygens (including phenoxy) is 5. The number of hydrogen-bond donors (Lipinski definition) is 4. The summed E-state index contributed by atoms with van der Waals surface area (Å²) in [5.74, 6) is 0.0319. The van der Waals surface area contributed by atoms with Gasteiger partial charge in [-0.2, -0.15) is 5.10 Å². The number of unbranched alkanes of at least 4 members (excludes halogenated alkanes) is 2. The van der Waals surface area contributed by atoms with Crippen molar-refractivity contribution in [3.63, 3.8) is 0 Å². The van der Waals surface area contributed by atoms with E-state index in [0.29, 0.717) is 38.3 Å². The van der Waals surface area contributed by atoms with Gasteiger partial charge in [0.1, 0.15) is 29.7 Å². The Labute approximate surface area is 319 Å². The first-order valence-corrected chi connectivity index (χ1v) is 19.2. The highest BCUT2D eigenvalue weighted by molar-refractivity contribution is 5.99. The second kappa shape index (κ2) is 20.7. The Morgan fingerprint density at radius 2 is 1.83 bits per heavy atom. The zero-order valence-electron chi connectivity index (χ0n) is 32.6. The average Bonchev–Trinajstić information content (AvgIpc) is 3.91. The normalized spacial score (nSPS) is 29.3. The van der Waals surface area contributed by atoms with Crippen molar-refractivity contribution >= 4 is 23.5 Å². The van der Waals surface area contributed by atoms with Crippen molar-refractivity contribution in [2.75, 3.05) is 19.8 Å². The molecule has 3 saturated heterocycles. The maximum absolute atomic E-state index is 12.9. The molecule has 2 amide bonds. The van der Waals surface area contributed by atoms with Gasteiger partial charge in [-0.1, -0.05) is 30.7 Å². The Morgan fingerprint density at radius 1 is 1.09 bits per heavy atom. The number of carbonyl (C=O) groups is 3. The van der Waals surface area contributed by atoms with Crippen LogP contribution in [0.2, 0.25) is 0 Å². The highest BCUT2D eigenvalue weighted by atomic mass is 16.6. The zero-order valence-corrected chi connectivity index (χ0v) is 32.6. The molecule has 54 heavy (non-hydrogen) atoms. The van der Waals surface area contributed by atoms with Gasteiger partial charge in [0.15, 0.2) is 0 Å². The van der Waals surface area contributed by atoms with Crippen LogP contribution in [0.15, 0.2) is 65.3 Å². The summed E-state index contributed by atoms with van der Waals surface area (Å²) in [6.45, 7) is 12.6. The third-order valence-electron chi connectivity index (χ3n) is 10.1. The number of hydrogen-bond acceptors (Lipinski definition) is 11. The molecule has 1 aromatic carbocycles. The summed E-state index contributed by atoms with van der Waals surface area (Å²) in [7, 11) is 0. The predicted octanol–water partition coefficient (Wildman–Crippen LogP) is 4.41. The maximum atomic E-state index is 12.9. The lowest BCUT2D eigenvalue weighted by Gasteiger charge is -2.39. The number of carbonyl (C=O) groups excluding carboxylic acids is 3. The summed E-state index contributed by atoms with van der Waals surface area (Å²) >= 11 is 0. The lowest BCUT2D eigenvalue weighted by atomic mass is 9.87. The summed E-state index contributed by atoms with van der Waals surface area (Å²) < 4.78 is 29.0. The molecule has 3 aliphatic rings. The van der Waals surface area contributed by atoms with Crippen LogP contribution in [0, 0.1) is 5.92 Å². The van der Waals surface area contributed by atoms with Gasteiger partial charge in [-0.15, -0.1) is 0 Å². The number of esters is 1. The number of nitrogens with one attached hydrogen (secondary N) is 2. The molecule has 3 heterocycles. The molecular weight excluding hydrogens is 692 g/mol. The minimum absolute atomic E-state index is 0.0279. The molecule has 5 N–H and O–H groups in total. The summed E-state index contributed by atoms with van der Waals surface area (Å²) in [6, 6.07) is 7.46. The number of benzene rings is 1. The third kappa shape index (κ3) is 13.5. The molecule has 13 heteroatoms. The van der Waals surface area contributed by atoms with E-state index in [1.54, 1.807) is 13.0 Å². The molecule has 1 spiro atoms. The van der Waals surface area contributed by atoms with Gasteiger partial charge < -0.3 is 39.8 Å². The van der Waals surface area contributed by atoms with Gasteiger partial charge in [-0.05, 0) is 108 Å². The minimum atomic E-state index is -0.853. The predicted molar refractivity (Wildman–Crippen MR) is 206 cm³/mol. The Kier molecular flexibility index (Phi) is 16.4. The quantitative estimate of drug-likeness (QED) is 0.0319. The fourth-order valence-electron chi connectivity index (χ4n) is 6.76. The number of rotatable bonds is 18. The number of allylic oxidation sites excluding steroid dienone is 2. The van der Waals surface area contributed by atoms with E-state index in [0.717, 1.165) is 42.6 Å². The molecule has 298 valence electrons. The molecule has 0 bridgehead atoms. The van der Waals surface area contributed by atoms with Gasteiger partial charge in [0.2, 0.25) is 11.8 Å². The number of nitrogens with zero attached hydrogens (tertiary/aromatic N) is 1. The molecule has 0 aliphatic carbocycles. The SMILES string of the molecule is CC(=O)O[C@@H](C)/C=C\C(=O)N[C@@H]1C[C@H](C)[C@H](C/C=C(C)/C=C/[C@H]2O[C@H](CC(=O)N/N=C(/C)c3ccc(OCCCCCN)cc3)C[C@@]3(CO3)[C@@H]2O)O[C@@H]1C. The molecule has 3 fully saturated rings. The van der Waals surface area contributed by atoms with Crippen LogP contribution in [0.3, 0.4) is 0 Å². The average molecular weight is 753 g/mol. The number of amides is 2. The van der Waals surface area contributed by atoms with Crippen molar-refractivity contribution < 1.29 is 43.2 Å². The number of nitrogens with two attached hydrogens (primary N) is 1. The Balaban J connectivity index is 1.24. The second-order valence-electron chi connectivity index (χ2n) is 14.8. The van der Waals surface area contributed by atoms with Gasteiger partial charge in [-0.25, -0.2) is 5.43 Å².